The maximum absolute atomic E-state index is 6.16. The van der Waals surface area contributed by atoms with Gasteiger partial charge >= 0.3 is 0 Å². The minimum atomic E-state index is 0.0791. The van der Waals surface area contributed by atoms with Crippen LogP contribution < -0.4 is 11.5 Å². The molecule has 0 heterocycles. The molecule has 2 atom stereocenters. The molecule has 0 bridgehead atoms. The summed E-state index contributed by atoms with van der Waals surface area (Å²) in [6.45, 7) is 4.61. The Morgan fingerprint density at radius 3 is 0.948 bits per heavy atom. The van der Waals surface area contributed by atoms with Crippen molar-refractivity contribution in [1.29, 1.82) is 0 Å². The van der Waals surface area contributed by atoms with E-state index in [0.29, 0.717) is 11.8 Å². The fraction of sp³-hybridized carbons (Fsp3) is 0.571. The first kappa shape index (κ1) is 45.6. The van der Waals surface area contributed by atoms with Gasteiger partial charge in [0.15, 0.2) is 0 Å². The first-order valence-electron chi connectivity index (χ1n) is 24.5. The molecule has 2 nitrogen and oxygen atoms in total. The molecule has 4 aromatic carbocycles. The molecule has 1 fully saturated rings. The monoisotopic (exact) mass is 783 g/mol. The number of hydrogen-bond acceptors (Lipinski definition) is 2. The highest BCUT2D eigenvalue weighted by atomic mass is 14.5. The molecule has 1 saturated carbocycles. The number of rotatable bonds is 28. The summed E-state index contributed by atoms with van der Waals surface area (Å²) in [7, 11) is 0. The maximum atomic E-state index is 6.16. The summed E-state index contributed by atoms with van der Waals surface area (Å²) < 4.78 is 0. The largest absolute Gasteiger partial charge is 0.399 e. The first-order chi connectivity index (χ1) is 28.5. The summed E-state index contributed by atoms with van der Waals surface area (Å²) in [5, 5.41) is 0. The van der Waals surface area contributed by atoms with Gasteiger partial charge < -0.3 is 11.5 Å². The molecule has 1 aliphatic carbocycles. The number of nitrogens with two attached hydrogens (primary N) is 2. The Balaban J connectivity index is 1.26. The molecular weight excluding hydrogens is 701 g/mol. The molecular formula is C56H82N2. The number of unbranched alkanes of at least 4 members (excludes halogenated alkanes) is 18. The molecule has 2 heteroatoms. The van der Waals surface area contributed by atoms with E-state index in [9.17, 15) is 0 Å². The van der Waals surface area contributed by atoms with Gasteiger partial charge in [0.1, 0.15) is 0 Å². The van der Waals surface area contributed by atoms with Gasteiger partial charge in [-0.15, -0.1) is 0 Å². The van der Waals surface area contributed by atoms with Crippen LogP contribution in [0, 0.1) is 0 Å². The Hall–Kier alpha value is -3.52. The van der Waals surface area contributed by atoms with Crippen molar-refractivity contribution in [2.24, 2.45) is 0 Å². The van der Waals surface area contributed by atoms with Crippen molar-refractivity contribution in [3.8, 4) is 0 Å². The fourth-order valence-corrected chi connectivity index (χ4v) is 10.1. The fourth-order valence-electron chi connectivity index (χ4n) is 10.1. The lowest BCUT2D eigenvalue weighted by Gasteiger charge is -2.39. The van der Waals surface area contributed by atoms with E-state index in [4.69, 9.17) is 11.5 Å². The second kappa shape index (κ2) is 25.9. The molecule has 4 aromatic rings. The van der Waals surface area contributed by atoms with Gasteiger partial charge in [0.25, 0.3) is 0 Å². The summed E-state index contributed by atoms with van der Waals surface area (Å²) in [6, 6.07) is 37.3. The zero-order chi connectivity index (χ0) is 40.7. The predicted molar refractivity (Wildman–Crippen MR) is 255 cm³/mol. The van der Waals surface area contributed by atoms with Gasteiger partial charge in [-0.2, -0.15) is 0 Å². The van der Waals surface area contributed by atoms with Crippen LogP contribution in [-0.2, 0) is 5.41 Å². The van der Waals surface area contributed by atoms with E-state index in [0.717, 1.165) is 11.4 Å². The smallest absolute Gasteiger partial charge is 0.0314 e. The standard InChI is InChI=1S/C56H82N2/c1-3-5-7-9-11-13-15-17-19-22-26-54(48-32-40-52(57)41-33-48)46-28-36-50(37-29-46)56(44-24-21-25-45-56)51-38-30-47(31-39-51)55(49-34-42-53(58)43-35-49)27-23-20-18-16-14-12-10-8-6-4-2/h28-43,54-55H,3-27,44-45,57-58H2,1-2H3. The molecule has 0 spiro atoms. The lowest BCUT2D eigenvalue weighted by atomic mass is 9.65. The van der Waals surface area contributed by atoms with Crippen LogP contribution in [0.25, 0.3) is 0 Å². The Morgan fingerprint density at radius 1 is 0.362 bits per heavy atom. The Labute approximate surface area is 356 Å². The number of nitrogen functional groups attached to an aromatic ring is 2. The third kappa shape index (κ3) is 14.3. The normalized spacial score (nSPS) is 15.0. The minimum absolute atomic E-state index is 0.0791. The predicted octanol–water partition coefficient (Wildman–Crippen LogP) is 17.0. The van der Waals surface area contributed by atoms with Crippen LogP contribution in [0.5, 0.6) is 0 Å². The van der Waals surface area contributed by atoms with E-state index in [-0.39, 0.29) is 5.41 Å². The van der Waals surface area contributed by atoms with E-state index in [1.807, 2.05) is 0 Å². The molecule has 0 aliphatic heterocycles. The van der Waals surface area contributed by atoms with Gasteiger partial charge in [0, 0.05) is 28.6 Å². The van der Waals surface area contributed by atoms with Crippen molar-refractivity contribution in [3.63, 3.8) is 0 Å². The lowest BCUT2D eigenvalue weighted by molar-refractivity contribution is 0.346. The molecule has 5 rings (SSSR count). The molecule has 0 aromatic heterocycles. The van der Waals surface area contributed by atoms with Gasteiger partial charge in [-0.05, 0) is 83.3 Å². The molecule has 0 radical (unpaired) electrons. The summed E-state index contributed by atoms with van der Waals surface area (Å²) in [5.74, 6) is 0.817. The summed E-state index contributed by atoms with van der Waals surface area (Å²) >= 11 is 0. The molecule has 1 aliphatic rings. The van der Waals surface area contributed by atoms with Crippen LogP contribution in [0.3, 0.4) is 0 Å². The topological polar surface area (TPSA) is 52.0 Å². The van der Waals surface area contributed by atoms with E-state index < -0.39 is 0 Å². The van der Waals surface area contributed by atoms with Gasteiger partial charge in [-0.1, -0.05) is 234 Å². The van der Waals surface area contributed by atoms with Crippen molar-refractivity contribution in [3.05, 3.63) is 130 Å². The summed E-state index contributed by atoms with van der Waals surface area (Å²) in [6.07, 6.45) is 36.2. The first-order valence-corrected chi connectivity index (χ1v) is 24.5. The lowest BCUT2D eigenvalue weighted by Crippen LogP contribution is -2.30. The van der Waals surface area contributed by atoms with Crippen LogP contribution in [0.2, 0.25) is 0 Å². The third-order valence-corrected chi connectivity index (χ3v) is 13.8. The Kier molecular flexibility index (Phi) is 20.3. The number of hydrogen-bond donors (Lipinski definition) is 2. The highest BCUT2D eigenvalue weighted by Crippen LogP contribution is 2.46. The number of benzene rings is 4. The second-order valence-electron chi connectivity index (χ2n) is 18.3. The SMILES string of the molecule is CCCCCCCCCCCCC(c1ccc(N)cc1)c1ccc(C2(c3ccc(C(CCCCCCCCCCCC)c4ccc(N)cc4)cc3)CCCCC2)cc1. The molecule has 0 saturated heterocycles. The maximum Gasteiger partial charge on any atom is 0.0314 e. The molecule has 316 valence electrons. The van der Waals surface area contributed by atoms with E-state index in [2.05, 4.69) is 111 Å². The van der Waals surface area contributed by atoms with E-state index in [1.165, 1.54) is 207 Å². The van der Waals surface area contributed by atoms with Crippen LogP contribution in [0.15, 0.2) is 97.1 Å². The second-order valence-corrected chi connectivity index (χ2v) is 18.3. The van der Waals surface area contributed by atoms with Gasteiger partial charge in [-0.25, -0.2) is 0 Å². The van der Waals surface area contributed by atoms with Gasteiger partial charge in [0.05, 0.1) is 0 Å². The van der Waals surface area contributed by atoms with E-state index in [1.54, 1.807) is 0 Å². The van der Waals surface area contributed by atoms with E-state index >= 15 is 0 Å². The zero-order valence-corrected chi connectivity index (χ0v) is 37.1. The van der Waals surface area contributed by atoms with Crippen molar-refractivity contribution >= 4 is 11.4 Å². The highest BCUT2D eigenvalue weighted by Gasteiger charge is 2.36. The summed E-state index contributed by atoms with van der Waals surface area (Å²) in [5.41, 5.74) is 22.8. The van der Waals surface area contributed by atoms with Crippen molar-refractivity contribution in [2.75, 3.05) is 11.5 Å². The van der Waals surface area contributed by atoms with Crippen LogP contribution >= 0.6 is 0 Å². The van der Waals surface area contributed by atoms with Crippen molar-refractivity contribution in [2.45, 2.75) is 204 Å². The number of anilines is 2. The molecule has 58 heavy (non-hydrogen) atoms. The average molecular weight is 783 g/mol. The average Bonchev–Trinajstić information content (AvgIpc) is 3.26. The highest BCUT2D eigenvalue weighted by molar-refractivity contribution is 5.47. The van der Waals surface area contributed by atoms with Crippen LogP contribution in [-0.4, -0.2) is 0 Å². The van der Waals surface area contributed by atoms with Crippen molar-refractivity contribution in [1.82, 2.24) is 0 Å². The molecule has 4 N–H and O–H groups in total. The molecule has 0 amide bonds. The summed E-state index contributed by atoms with van der Waals surface area (Å²) in [4.78, 5) is 0. The van der Waals surface area contributed by atoms with Gasteiger partial charge in [0.2, 0.25) is 0 Å². The Bertz CT molecular complexity index is 1510. The van der Waals surface area contributed by atoms with Crippen molar-refractivity contribution < 1.29 is 0 Å². The Morgan fingerprint density at radius 2 is 0.638 bits per heavy atom. The van der Waals surface area contributed by atoms with Crippen LogP contribution in [0.4, 0.5) is 11.4 Å². The van der Waals surface area contributed by atoms with Gasteiger partial charge in [-0.3, -0.25) is 0 Å². The quantitative estimate of drug-likeness (QED) is 0.0445. The third-order valence-electron chi connectivity index (χ3n) is 13.8. The zero-order valence-electron chi connectivity index (χ0n) is 37.1. The molecule has 2 unspecified atom stereocenters. The minimum Gasteiger partial charge on any atom is -0.399 e. The van der Waals surface area contributed by atoms with Crippen LogP contribution in [0.1, 0.15) is 232 Å².